The molecule has 16 aromatic rings. The van der Waals surface area contributed by atoms with Crippen LogP contribution < -0.4 is 40.0 Å². The van der Waals surface area contributed by atoms with Crippen molar-refractivity contribution in [2.24, 2.45) is 29.6 Å². The number of rotatable bonds is 16. The molecule has 687 valence electrons. The Morgan fingerprint density at radius 3 is 1.66 bits per heavy atom. The van der Waals surface area contributed by atoms with E-state index in [-0.39, 0.29) is 88.9 Å². The Morgan fingerprint density at radius 1 is 0.496 bits per heavy atom. The van der Waals surface area contributed by atoms with Crippen LogP contribution in [0.4, 0.5) is 22.7 Å². The van der Waals surface area contributed by atoms with Gasteiger partial charge in [-0.25, -0.2) is 0 Å². The summed E-state index contributed by atoms with van der Waals surface area (Å²) in [5, 5.41) is 49.1. The zero-order valence-electron chi connectivity index (χ0n) is 77.7. The minimum Gasteiger partial charge on any atom is -0.513 e. The second kappa shape index (κ2) is 46.7. The van der Waals surface area contributed by atoms with E-state index in [0.29, 0.717) is 23.5 Å². The van der Waals surface area contributed by atoms with E-state index in [4.69, 9.17) is 24.7 Å². The maximum atomic E-state index is 10.3. The molecule has 0 amide bonds. The van der Waals surface area contributed by atoms with E-state index in [1.54, 1.807) is 19.2 Å². The van der Waals surface area contributed by atoms with Crippen LogP contribution in [0, 0.1) is 67.7 Å². The van der Waals surface area contributed by atoms with E-state index >= 15 is 0 Å². The van der Waals surface area contributed by atoms with Crippen molar-refractivity contribution in [3.63, 3.8) is 0 Å². The zero-order valence-corrected chi connectivity index (χ0v) is 87.5. The van der Waals surface area contributed by atoms with E-state index in [1.807, 2.05) is 126 Å². The number of nitrogens with zero attached hydrogens (tertiary/aromatic N) is 6. The van der Waals surface area contributed by atoms with Gasteiger partial charge in [-0.05, 0) is 222 Å². The van der Waals surface area contributed by atoms with Crippen LogP contribution in [0.1, 0.15) is 122 Å². The predicted molar refractivity (Wildman–Crippen MR) is 542 cm³/mol. The van der Waals surface area contributed by atoms with Crippen LogP contribution in [0.5, 0.6) is 23.0 Å². The second-order valence-electron chi connectivity index (χ2n) is 34.9. The molecule has 0 saturated carbocycles. The SMILES string of the molecule is CC(C)(C)N1c2ccccc2Oc2c[c-]c(-c3ccccn3)cc21.CC(O)=CC(C)O.CCC(C(O)=CC(O)C(C(C)C)C(C)C)C(C)C.CN1c2ccccc2C(c2cccs2)(c2cccs2)c2cc[c-]c(-c3ccccn3)c21.Cc1cnc(-c2[c-]cccc2)cc1C.[Ir].[Ir].[Ir].[c-]1ccc2c(c1-c1nccc3ccccc13)Oc1ccccc1[Si]2(c1ccccc1)c1ccccc1. The first-order valence-electron chi connectivity index (χ1n) is 44.6. The number of allylic oxidation sites excluding steroid dienone is 2. The van der Waals surface area contributed by atoms with Crippen molar-refractivity contribution in [2.75, 3.05) is 16.8 Å². The molecule has 3 unspecified atom stereocenters. The van der Waals surface area contributed by atoms with Crippen molar-refractivity contribution in [3.05, 3.63) is 407 Å². The number of fused-ring (bicyclic) bond motifs is 7. The van der Waals surface area contributed by atoms with Gasteiger partial charge in [-0.2, -0.15) is 0 Å². The molecule has 0 bridgehead atoms. The van der Waals surface area contributed by atoms with Gasteiger partial charge < -0.3 is 59.6 Å². The molecule has 10 aromatic carbocycles. The number of anilines is 4. The Kier molecular flexibility index (Phi) is 35.9. The molecular weight excluding hydrogens is 2230 g/mol. The summed E-state index contributed by atoms with van der Waals surface area (Å²) in [4.78, 5) is 25.6. The van der Waals surface area contributed by atoms with E-state index in [2.05, 4.69) is 356 Å². The molecule has 19 rings (SSSR count). The number of hydrogen-bond donors (Lipinski definition) is 4. The molecule has 3 aliphatic rings. The average molecular weight is 2350 g/mol. The largest absolute Gasteiger partial charge is 0.513 e. The minimum absolute atomic E-state index is 0. The third-order valence-electron chi connectivity index (χ3n) is 24.1. The van der Waals surface area contributed by atoms with Crippen LogP contribution in [0.15, 0.2) is 350 Å². The molecule has 12 nitrogen and oxygen atoms in total. The summed E-state index contributed by atoms with van der Waals surface area (Å²) in [6.45, 7) is 28.7. The Bertz CT molecular complexity index is 6410. The first kappa shape index (κ1) is 102. The van der Waals surface area contributed by atoms with Gasteiger partial charge in [0.1, 0.15) is 11.5 Å². The van der Waals surface area contributed by atoms with Gasteiger partial charge in [-0.3, -0.25) is 0 Å². The maximum Gasteiger partial charge on any atom is 0.169 e. The normalized spacial score (nSPS) is 13.5. The van der Waals surface area contributed by atoms with E-state index in [9.17, 15) is 10.2 Å². The van der Waals surface area contributed by atoms with E-state index in [0.717, 1.165) is 96.6 Å². The van der Waals surface area contributed by atoms with Crippen molar-refractivity contribution in [1.82, 2.24) is 19.9 Å². The first-order valence-corrected chi connectivity index (χ1v) is 48.3. The molecule has 0 spiro atoms. The summed E-state index contributed by atoms with van der Waals surface area (Å²) in [6, 6.07) is 115. The van der Waals surface area contributed by atoms with Gasteiger partial charge in [-0.1, -0.05) is 246 Å². The van der Waals surface area contributed by atoms with Gasteiger partial charge in [0, 0.05) is 130 Å². The Balaban J connectivity index is 0.000000161. The van der Waals surface area contributed by atoms with Crippen LogP contribution in [0.25, 0.3) is 55.8 Å². The van der Waals surface area contributed by atoms with Crippen molar-refractivity contribution in [3.8, 4) is 68.0 Å². The topological polar surface area (TPSA) is 157 Å². The van der Waals surface area contributed by atoms with Gasteiger partial charge in [0.25, 0.3) is 0 Å². The first-order chi connectivity index (χ1) is 62.8. The summed E-state index contributed by atoms with van der Waals surface area (Å²) < 4.78 is 12.9. The molecule has 4 N–H and O–H groups in total. The number of para-hydroxylation sites is 4. The molecule has 6 aromatic heterocycles. The predicted octanol–water partition coefficient (Wildman–Crippen LogP) is 26.3. The number of benzene rings is 10. The fourth-order valence-corrected chi connectivity index (χ4v) is 25.2. The molecule has 0 aliphatic carbocycles. The smallest absolute Gasteiger partial charge is 0.169 e. The van der Waals surface area contributed by atoms with Gasteiger partial charge >= 0.3 is 0 Å². The molecular formula is C115H114Ir3N6O6S2Si-4. The number of thiophene rings is 2. The zero-order chi connectivity index (χ0) is 91.8. The fourth-order valence-electron chi connectivity index (χ4n) is 18.3. The molecule has 9 heterocycles. The third kappa shape index (κ3) is 22.6. The van der Waals surface area contributed by atoms with Gasteiger partial charge in [0.05, 0.1) is 40.6 Å². The molecule has 0 saturated heterocycles. The number of aryl methyl sites for hydroxylation is 2. The van der Waals surface area contributed by atoms with Gasteiger partial charge in [-0.15, -0.1) is 124 Å². The maximum absolute atomic E-state index is 10.3. The molecule has 3 aliphatic heterocycles. The van der Waals surface area contributed by atoms with Crippen LogP contribution in [-0.2, 0) is 65.7 Å². The monoisotopic (exact) mass is 2350 g/mol. The fraction of sp³-hybridized carbons (Fsp3) is 0.217. The van der Waals surface area contributed by atoms with Crippen LogP contribution in [-0.4, -0.2) is 73.2 Å². The average Bonchev–Trinajstić information content (AvgIpc) is 1.68. The Morgan fingerprint density at radius 2 is 1.08 bits per heavy atom. The van der Waals surface area contributed by atoms with Crippen molar-refractivity contribution >= 4 is 85.0 Å². The van der Waals surface area contributed by atoms with Crippen molar-refractivity contribution in [1.29, 1.82) is 0 Å². The Hall–Kier alpha value is -11.2. The Labute approximate surface area is 835 Å². The van der Waals surface area contributed by atoms with Crippen molar-refractivity contribution < 1.29 is 90.2 Å². The summed E-state index contributed by atoms with van der Waals surface area (Å²) in [6.07, 6.45) is 10.3. The standard InChI is InChI=1S/C33H22NOSi.C27H19N2S2.C21H19N2O.C16H32O2.C13H12N.C5H10O2.3Ir/c1-3-13-25(14-4-1)36(26-15-5-2-6-16-26)30-20-10-9-19-29(30)35-33-28(18-11-21-31(33)36)32-27-17-8-7-12-24(27)22-23-34-32;1-29-23-13-3-2-10-20(23)27(24-14-7-17-30-24,25-15-8-18-31-25)21-11-6-9-19(26(21)29)22-12-4-5-16-28-22;1-21(2,3)23-17-9-4-5-10-19(17)24-20-12-11-15(14-18(20)23)16-8-6-7-13-22-16;1-8-13(10(2)3)14(17)9-15(18)16(11(4)5)12(6)7;1-10-8-13(14-9-11(10)2)12-6-4-3-5-7-12;1-4(6)3-5(2)7;;;/h1-17,19-23H;2-8,10-18H,1H3;4-10,12-14H,1-3H3;9-13,15-18H,8H2,1-7H3;3-6,8-9H,1-2H3;3-4,6-7H,1-2H3;;;/q3*-1;;-1;;;;. The molecule has 3 atom stereocenters. The second-order valence-corrected chi connectivity index (χ2v) is 40.6. The van der Waals surface area contributed by atoms with Crippen LogP contribution in [0.3, 0.4) is 0 Å². The van der Waals surface area contributed by atoms with Crippen LogP contribution >= 0.6 is 22.7 Å². The van der Waals surface area contributed by atoms with Gasteiger partial charge in [0.15, 0.2) is 8.07 Å². The number of pyridine rings is 4. The molecule has 0 fully saturated rings. The molecule has 133 heavy (non-hydrogen) atoms. The summed E-state index contributed by atoms with van der Waals surface area (Å²) in [5.41, 5.74) is 16.8. The van der Waals surface area contributed by atoms with E-state index in [1.165, 1.54) is 77.1 Å². The number of aliphatic hydroxyl groups is 4. The van der Waals surface area contributed by atoms with Gasteiger partial charge in [0.2, 0.25) is 0 Å². The number of aromatic nitrogens is 4. The number of hydrogen-bond acceptors (Lipinski definition) is 14. The quantitative estimate of drug-likeness (QED) is 0.0413. The van der Waals surface area contributed by atoms with E-state index < -0.39 is 20.3 Å². The molecule has 3 radical (unpaired) electrons. The summed E-state index contributed by atoms with van der Waals surface area (Å²) >= 11 is 3.64. The number of ether oxygens (including phenoxy) is 2. The summed E-state index contributed by atoms with van der Waals surface area (Å²) in [7, 11) is -0.523. The van der Waals surface area contributed by atoms with Crippen molar-refractivity contribution in [2.45, 2.75) is 127 Å². The molecule has 18 heteroatoms. The summed E-state index contributed by atoms with van der Waals surface area (Å²) in [5.74, 6) is 5.53. The van der Waals surface area contributed by atoms with Crippen LogP contribution in [0.2, 0.25) is 0 Å². The number of aliphatic hydroxyl groups excluding tert-OH is 4. The minimum atomic E-state index is -2.68. The third-order valence-corrected chi connectivity index (χ3v) is 30.9.